The van der Waals surface area contributed by atoms with Crippen LogP contribution >= 0.6 is 0 Å². The molecule has 0 heterocycles. The fraction of sp³-hybridized carbons (Fsp3) is 0.875. The molecular formula is C24H46O3. The number of esters is 1. The standard InChI is InChI=1S/C24H46O3/c1-5-9-12-14-15-17-20-24(18-11-7-3,19-16-13-10-6-2)23(25)27-22-26-21-8-4/h8H,4-7,9-22H2,1-3H3. The van der Waals surface area contributed by atoms with Crippen LogP contribution in [0.15, 0.2) is 12.7 Å². The minimum Gasteiger partial charge on any atom is -0.438 e. The maximum absolute atomic E-state index is 13.0. The van der Waals surface area contributed by atoms with Gasteiger partial charge in [0.15, 0.2) is 6.79 Å². The highest BCUT2D eigenvalue weighted by atomic mass is 16.7. The monoisotopic (exact) mass is 382 g/mol. The summed E-state index contributed by atoms with van der Waals surface area (Å²) in [7, 11) is 0. The van der Waals surface area contributed by atoms with Crippen LogP contribution in [0.4, 0.5) is 0 Å². The smallest absolute Gasteiger partial charge is 0.314 e. The Kier molecular flexibility index (Phi) is 18.0. The summed E-state index contributed by atoms with van der Waals surface area (Å²) in [5, 5.41) is 0. The van der Waals surface area contributed by atoms with E-state index in [1.54, 1.807) is 6.08 Å². The average molecular weight is 383 g/mol. The van der Waals surface area contributed by atoms with E-state index in [-0.39, 0.29) is 18.2 Å². The van der Waals surface area contributed by atoms with E-state index in [1.807, 2.05) is 0 Å². The molecule has 160 valence electrons. The largest absolute Gasteiger partial charge is 0.438 e. The van der Waals surface area contributed by atoms with Crippen LogP contribution in [-0.2, 0) is 14.3 Å². The third kappa shape index (κ3) is 13.1. The van der Waals surface area contributed by atoms with E-state index in [0.29, 0.717) is 6.61 Å². The fourth-order valence-corrected chi connectivity index (χ4v) is 3.71. The third-order valence-electron chi connectivity index (χ3n) is 5.47. The highest BCUT2D eigenvalue weighted by Crippen LogP contribution is 2.38. The van der Waals surface area contributed by atoms with Gasteiger partial charge in [-0.15, -0.1) is 6.58 Å². The third-order valence-corrected chi connectivity index (χ3v) is 5.47. The molecular weight excluding hydrogens is 336 g/mol. The van der Waals surface area contributed by atoms with E-state index < -0.39 is 0 Å². The second-order valence-corrected chi connectivity index (χ2v) is 7.92. The highest BCUT2D eigenvalue weighted by molar-refractivity contribution is 5.76. The average Bonchev–Trinajstić information content (AvgIpc) is 2.68. The Morgan fingerprint density at radius 1 is 0.778 bits per heavy atom. The minimum atomic E-state index is -0.313. The van der Waals surface area contributed by atoms with Gasteiger partial charge in [0.1, 0.15) is 0 Å². The van der Waals surface area contributed by atoms with Crippen molar-refractivity contribution in [3.63, 3.8) is 0 Å². The topological polar surface area (TPSA) is 35.5 Å². The van der Waals surface area contributed by atoms with E-state index in [9.17, 15) is 4.79 Å². The summed E-state index contributed by atoms with van der Waals surface area (Å²) < 4.78 is 10.9. The maximum Gasteiger partial charge on any atom is 0.314 e. The molecule has 27 heavy (non-hydrogen) atoms. The number of rotatable bonds is 20. The van der Waals surface area contributed by atoms with Gasteiger partial charge in [0.05, 0.1) is 12.0 Å². The number of hydrogen-bond donors (Lipinski definition) is 0. The van der Waals surface area contributed by atoms with Gasteiger partial charge in [-0.05, 0) is 19.3 Å². The SMILES string of the molecule is C=CCOCOC(=O)C(CCCC)(CCCCCC)CCCCCCCC. The van der Waals surface area contributed by atoms with Crippen LogP contribution in [0.2, 0.25) is 0 Å². The van der Waals surface area contributed by atoms with Crippen LogP contribution in [-0.4, -0.2) is 19.4 Å². The molecule has 0 aliphatic heterocycles. The molecule has 0 N–H and O–H groups in total. The first-order valence-electron chi connectivity index (χ1n) is 11.5. The van der Waals surface area contributed by atoms with Crippen molar-refractivity contribution in [3.05, 3.63) is 12.7 Å². The first-order valence-corrected chi connectivity index (χ1v) is 11.5. The van der Waals surface area contributed by atoms with Crippen molar-refractivity contribution in [2.45, 2.75) is 117 Å². The van der Waals surface area contributed by atoms with Crippen molar-refractivity contribution < 1.29 is 14.3 Å². The number of ether oxygens (including phenoxy) is 2. The molecule has 0 fully saturated rings. The Hall–Kier alpha value is -0.830. The van der Waals surface area contributed by atoms with Crippen LogP contribution in [0, 0.1) is 5.41 Å². The van der Waals surface area contributed by atoms with Crippen molar-refractivity contribution in [2.75, 3.05) is 13.4 Å². The molecule has 0 amide bonds. The molecule has 0 aliphatic rings. The minimum absolute atomic E-state index is 0.0370. The van der Waals surface area contributed by atoms with Crippen LogP contribution < -0.4 is 0 Å². The van der Waals surface area contributed by atoms with Gasteiger partial charge in [-0.2, -0.15) is 0 Å². The molecule has 0 saturated carbocycles. The van der Waals surface area contributed by atoms with Gasteiger partial charge in [-0.1, -0.05) is 104 Å². The quantitative estimate of drug-likeness (QED) is 0.0941. The molecule has 0 aromatic rings. The van der Waals surface area contributed by atoms with E-state index in [4.69, 9.17) is 9.47 Å². The summed E-state index contributed by atoms with van der Waals surface area (Å²) in [4.78, 5) is 13.0. The normalized spacial score (nSPS) is 13.3. The van der Waals surface area contributed by atoms with Crippen molar-refractivity contribution in [1.29, 1.82) is 0 Å². The molecule has 0 aromatic carbocycles. The fourth-order valence-electron chi connectivity index (χ4n) is 3.71. The Labute approximate surface area is 169 Å². The molecule has 0 saturated heterocycles. The first-order chi connectivity index (χ1) is 13.2. The first kappa shape index (κ1) is 26.2. The van der Waals surface area contributed by atoms with Gasteiger partial charge < -0.3 is 9.47 Å². The summed E-state index contributed by atoms with van der Waals surface area (Å²) in [6.07, 6.45) is 19.1. The number of carbonyl (C=O) groups is 1. The summed E-state index contributed by atoms with van der Waals surface area (Å²) in [5.74, 6) is -0.0370. The molecule has 0 bridgehead atoms. The van der Waals surface area contributed by atoms with Gasteiger partial charge in [0.25, 0.3) is 0 Å². The van der Waals surface area contributed by atoms with Crippen molar-refractivity contribution in [2.24, 2.45) is 5.41 Å². The zero-order valence-electron chi connectivity index (χ0n) is 18.5. The van der Waals surface area contributed by atoms with E-state index in [2.05, 4.69) is 27.4 Å². The predicted molar refractivity (Wildman–Crippen MR) is 116 cm³/mol. The van der Waals surface area contributed by atoms with Gasteiger partial charge >= 0.3 is 5.97 Å². The van der Waals surface area contributed by atoms with Gasteiger partial charge in [-0.25, -0.2) is 0 Å². The molecule has 1 unspecified atom stereocenters. The van der Waals surface area contributed by atoms with E-state index in [1.165, 1.54) is 51.4 Å². The molecule has 0 radical (unpaired) electrons. The predicted octanol–water partition coefficient (Wildman–Crippen LogP) is 7.59. The number of hydrogen-bond acceptors (Lipinski definition) is 3. The summed E-state index contributed by atoms with van der Waals surface area (Å²) in [5.41, 5.74) is -0.313. The number of unbranched alkanes of at least 4 members (excludes halogenated alkanes) is 9. The second-order valence-electron chi connectivity index (χ2n) is 7.92. The van der Waals surface area contributed by atoms with E-state index in [0.717, 1.165) is 44.9 Å². The summed E-state index contributed by atoms with van der Waals surface area (Å²) in [6.45, 7) is 10.8. The lowest BCUT2D eigenvalue weighted by Gasteiger charge is -2.32. The zero-order chi connectivity index (χ0) is 20.2. The molecule has 0 spiro atoms. The Morgan fingerprint density at radius 2 is 1.26 bits per heavy atom. The molecule has 0 aromatic heterocycles. The molecule has 1 atom stereocenters. The van der Waals surface area contributed by atoms with Crippen molar-refractivity contribution in [1.82, 2.24) is 0 Å². The number of carbonyl (C=O) groups excluding carboxylic acids is 1. The second kappa shape index (κ2) is 18.5. The molecule has 0 rings (SSSR count). The molecule has 3 nitrogen and oxygen atoms in total. The summed E-state index contributed by atoms with van der Waals surface area (Å²) in [6, 6.07) is 0. The van der Waals surface area contributed by atoms with Gasteiger partial charge in [0, 0.05) is 0 Å². The highest BCUT2D eigenvalue weighted by Gasteiger charge is 2.38. The lowest BCUT2D eigenvalue weighted by molar-refractivity contribution is -0.169. The molecule has 0 aliphatic carbocycles. The lowest BCUT2D eigenvalue weighted by Crippen LogP contribution is -2.34. The zero-order valence-corrected chi connectivity index (χ0v) is 18.5. The van der Waals surface area contributed by atoms with Crippen LogP contribution in [0.3, 0.4) is 0 Å². The Morgan fingerprint density at radius 3 is 1.81 bits per heavy atom. The van der Waals surface area contributed by atoms with Crippen LogP contribution in [0.1, 0.15) is 117 Å². The van der Waals surface area contributed by atoms with Crippen LogP contribution in [0.5, 0.6) is 0 Å². The Bertz CT molecular complexity index is 354. The van der Waals surface area contributed by atoms with Gasteiger partial charge in [-0.3, -0.25) is 4.79 Å². The summed E-state index contributed by atoms with van der Waals surface area (Å²) >= 11 is 0. The van der Waals surface area contributed by atoms with Gasteiger partial charge in [0.2, 0.25) is 0 Å². The van der Waals surface area contributed by atoms with Crippen molar-refractivity contribution >= 4 is 5.97 Å². The van der Waals surface area contributed by atoms with Crippen molar-refractivity contribution in [3.8, 4) is 0 Å². The van der Waals surface area contributed by atoms with E-state index >= 15 is 0 Å². The lowest BCUT2D eigenvalue weighted by atomic mass is 9.74. The Balaban J connectivity index is 4.81. The van der Waals surface area contributed by atoms with Crippen LogP contribution in [0.25, 0.3) is 0 Å². The maximum atomic E-state index is 13.0. The molecule has 3 heteroatoms.